The van der Waals surface area contributed by atoms with E-state index in [0.717, 1.165) is 19.3 Å². The summed E-state index contributed by atoms with van der Waals surface area (Å²) in [7, 11) is 0. The first-order chi connectivity index (χ1) is 9.54. The normalized spacial score (nSPS) is 18.6. The maximum atomic E-state index is 14.2. The molecule has 3 nitrogen and oxygen atoms in total. The van der Waals surface area contributed by atoms with Crippen molar-refractivity contribution in [1.29, 1.82) is 0 Å². The van der Waals surface area contributed by atoms with Crippen molar-refractivity contribution < 1.29 is 13.9 Å². The van der Waals surface area contributed by atoms with Crippen LogP contribution in [0.25, 0.3) is 0 Å². The van der Waals surface area contributed by atoms with Gasteiger partial charge in [-0.05, 0) is 37.8 Å². The van der Waals surface area contributed by atoms with Crippen LogP contribution in [0.1, 0.15) is 31.2 Å². The van der Waals surface area contributed by atoms with Crippen LogP contribution in [-0.4, -0.2) is 29.3 Å². The van der Waals surface area contributed by atoms with E-state index < -0.39 is 11.6 Å². The molecular weight excluding hydrogens is 282 g/mol. The van der Waals surface area contributed by atoms with E-state index >= 15 is 0 Å². The Balaban J connectivity index is 2.29. The fourth-order valence-corrected chi connectivity index (χ4v) is 2.86. The molecular formula is C14H18F2N2OS. The maximum absolute atomic E-state index is 14.2. The van der Waals surface area contributed by atoms with Gasteiger partial charge in [-0.2, -0.15) is 0 Å². The van der Waals surface area contributed by atoms with Gasteiger partial charge in [0.2, 0.25) is 0 Å². The number of hydrogen-bond donors (Lipinski definition) is 2. The molecule has 2 rings (SSSR count). The Morgan fingerprint density at radius 3 is 2.60 bits per heavy atom. The fraction of sp³-hybridized carbons (Fsp3) is 0.500. The number of rotatable bonds is 5. The second-order valence-electron chi connectivity index (χ2n) is 5.01. The zero-order chi connectivity index (χ0) is 14.7. The van der Waals surface area contributed by atoms with E-state index in [2.05, 4.69) is 0 Å². The molecule has 110 valence electrons. The Kier molecular flexibility index (Phi) is 4.88. The van der Waals surface area contributed by atoms with E-state index in [1.807, 2.05) is 0 Å². The number of thiocarbonyl (C=S) groups is 1. The number of aliphatic hydroxyl groups excluding tert-OH is 1. The van der Waals surface area contributed by atoms with E-state index in [4.69, 9.17) is 23.1 Å². The molecule has 6 heteroatoms. The van der Waals surface area contributed by atoms with Crippen molar-refractivity contribution in [2.75, 3.05) is 18.1 Å². The summed E-state index contributed by atoms with van der Waals surface area (Å²) >= 11 is 4.74. The number of hydrogen-bond acceptors (Lipinski definition) is 3. The molecule has 1 aromatic rings. The zero-order valence-electron chi connectivity index (χ0n) is 11.1. The molecule has 0 saturated carbocycles. The number of anilines is 1. The molecule has 1 saturated heterocycles. The van der Waals surface area contributed by atoms with Gasteiger partial charge >= 0.3 is 0 Å². The molecule has 0 spiro atoms. The minimum absolute atomic E-state index is 0.00885. The average molecular weight is 300 g/mol. The topological polar surface area (TPSA) is 49.5 Å². The molecule has 1 aromatic carbocycles. The van der Waals surface area contributed by atoms with Crippen molar-refractivity contribution in [3.05, 3.63) is 29.3 Å². The van der Waals surface area contributed by atoms with Crippen molar-refractivity contribution in [1.82, 2.24) is 0 Å². The smallest absolute Gasteiger partial charge is 0.150 e. The van der Waals surface area contributed by atoms with E-state index in [1.54, 1.807) is 4.90 Å². The summed E-state index contributed by atoms with van der Waals surface area (Å²) in [6.07, 6.45) is 3.14. The van der Waals surface area contributed by atoms with Crippen LogP contribution in [0.3, 0.4) is 0 Å². The van der Waals surface area contributed by atoms with Gasteiger partial charge in [0.05, 0.1) is 0 Å². The van der Waals surface area contributed by atoms with Gasteiger partial charge in [-0.3, -0.25) is 0 Å². The third-order valence-corrected chi connectivity index (χ3v) is 3.90. The van der Waals surface area contributed by atoms with Crippen molar-refractivity contribution in [3.8, 4) is 0 Å². The van der Waals surface area contributed by atoms with E-state index in [1.165, 1.54) is 12.1 Å². The van der Waals surface area contributed by atoms with Gasteiger partial charge in [0, 0.05) is 24.8 Å². The van der Waals surface area contributed by atoms with Crippen LogP contribution in [0.5, 0.6) is 0 Å². The predicted molar refractivity (Wildman–Crippen MR) is 78.9 cm³/mol. The molecule has 0 aliphatic carbocycles. The highest BCUT2D eigenvalue weighted by Crippen LogP contribution is 2.33. The van der Waals surface area contributed by atoms with Gasteiger partial charge in [0.25, 0.3) is 0 Å². The highest BCUT2D eigenvalue weighted by atomic mass is 32.1. The summed E-state index contributed by atoms with van der Waals surface area (Å²) < 4.78 is 28.3. The standard InChI is InChI=1S/C14H18F2N2OS/c15-11-7-9(14(17)20)8-12(16)13(11)18-5-1-3-10(18)4-2-6-19/h7-8,10,19H,1-6H2,(H2,17,20). The maximum Gasteiger partial charge on any atom is 0.150 e. The van der Waals surface area contributed by atoms with Crippen molar-refractivity contribution in [2.24, 2.45) is 5.73 Å². The summed E-state index contributed by atoms with van der Waals surface area (Å²) in [5, 5.41) is 8.90. The minimum Gasteiger partial charge on any atom is -0.396 e. The molecule has 1 fully saturated rings. The van der Waals surface area contributed by atoms with Crippen LogP contribution in [0, 0.1) is 11.6 Å². The molecule has 1 aliphatic heterocycles. The van der Waals surface area contributed by atoms with Crippen LogP contribution in [0.2, 0.25) is 0 Å². The number of nitrogens with two attached hydrogens (primary N) is 1. The highest BCUT2D eigenvalue weighted by Gasteiger charge is 2.29. The third-order valence-electron chi connectivity index (χ3n) is 3.66. The molecule has 3 N–H and O–H groups in total. The number of halogens is 2. The summed E-state index contributed by atoms with van der Waals surface area (Å²) in [5.41, 5.74) is 5.59. The molecule has 0 radical (unpaired) electrons. The fourth-order valence-electron chi connectivity index (χ4n) is 2.74. The van der Waals surface area contributed by atoms with Gasteiger partial charge in [-0.25, -0.2) is 8.78 Å². The number of benzene rings is 1. The van der Waals surface area contributed by atoms with Gasteiger partial charge < -0.3 is 15.7 Å². The molecule has 20 heavy (non-hydrogen) atoms. The average Bonchev–Trinajstić information content (AvgIpc) is 2.83. The molecule has 1 unspecified atom stereocenters. The van der Waals surface area contributed by atoms with Crippen molar-refractivity contribution in [2.45, 2.75) is 31.7 Å². The minimum atomic E-state index is -0.635. The summed E-state index contributed by atoms with van der Waals surface area (Å²) in [6, 6.07) is 2.44. The predicted octanol–water partition coefficient (Wildman–Crippen LogP) is 2.34. The molecule has 0 bridgehead atoms. The second-order valence-corrected chi connectivity index (χ2v) is 5.45. The van der Waals surface area contributed by atoms with E-state index in [9.17, 15) is 8.78 Å². The van der Waals surface area contributed by atoms with Crippen LogP contribution in [0.4, 0.5) is 14.5 Å². The first kappa shape index (κ1) is 15.1. The van der Waals surface area contributed by atoms with E-state index in [-0.39, 0.29) is 28.9 Å². The summed E-state index contributed by atoms with van der Waals surface area (Å²) in [4.78, 5) is 1.73. The SMILES string of the molecule is NC(=S)c1cc(F)c(N2CCCC2CCCO)c(F)c1. The van der Waals surface area contributed by atoms with Crippen LogP contribution in [0.15, 0.2) is 12.1 Å². The summed E-state index contributed by atoms with van der Waals surface area (Å²) in [6.45, 7) is 0.714. The number of aliphatic hydroxyl groups is 1. The Morgan fingerprint density at radius 1 is 1.40 bits per heavy atom. The molecule has 1 aliphatic rings. The van der Waals surface area contributed by atoms with Gasteiger partial charge in [-0.15, -0.1) is 0 Å². The molecule has 1 heterocycles. The molecule has 0 amide bonds. The van der Waals surface area contributed by atoms with Crippen LogP contribution in [-0.2, 0) is 0 Å². The lowest BCUT2D eigenvalue weighted by atomic mass is 10.1. The van der Waals surface area contributed by atoms with E-state index in [0.29, 0.717) is 13.0 Å². The van der Waals surface area contributed by atoms with Gasteiger partial charge in [0.1, 0.15) is 22.3 Å². The quantitative estimate of drug-likeness (QED) is 0.820. The van der Waals surface area contributed by atoms with Crippen molar-refractivity contribution >= 4 is 22.9 Å². The van der Waals surface area contributed by atoms with Crippen LogP contribution < -0.4 is 10.6 Å². The highest BCUT2D eigenvalue weighted by molar-refractivity contribution is 7.80. The Labute approximate surface area is 122 Å². The summed E-state index contributed by atoms with van der Waals surface area (Å²) in [5.74, 6) is -1.27. The Bertz CT molecular complexity index is 487. The molecule has 1 atom stereocenters. The number of nitrogens with zero attached hydrogens (tertiary/aromatic N) is 1. The van der Waals surface area contributed by atoms with Crippen molar-refractivity contribution in [3.63, 3.8) is 0 Å². The monoisotopic (exact) mass is 300 g/mol. The van der Waals surface area contributed by atoms with Crippen LogP contribution >= 0.6 is 12.2 Å². The first-order valence-electron chi connectivity index (χ1n) is 6.71. The van der Waals surface area contributed by atoms with Gasteiger partial charge in [0.15, 0.2) is 0 Å². The van der Waals surface area contributed by atoms with Gasteiger partial charge in [-0.1, -0.05) is 12.2 Å². The first-order valence-corrected chi connectivity index (χ1v) is 7.11. The molecule has 0 aromatic heterocycles. The Hall–Kier alpha value is -1.27. The Morgan fingerprint density at radius 2 is 2.05 bits per heavy atom. The lowest BCUT2D eigenvalue weighted by molar-refractivity contribution is 0.279. The lowest BCUT2D eigenvalue weighted by Gasteiger charge is -2.27. The largest absolute Gasteiger partial charge is 0.396 e. The lowest BCUT2D eigenvalue weighted by Crippen LogP contribution is -2.31. The third kappa shape index (κ3) is 3.07. The zero-order valence-corrected chi connectivity index (χ0v) is 11.9. The second kappa shape index (κ2) is 6.45.